The van der Waals surface area contributed by atoms with Crippen LogP contribution in [-0.2, 0) is 4.79 Å². The molecule has 0 bridgehead atoms. The molecule has 1 aliphatic carbocycles. The molecule has 0 aromatic rings. The van der Waals surface area contributed by atoms with E-state index in [0.717, 1.165) is 12.8 Å². The molecular weight excluding hydrogens is 154 g/mol. The normalized spacial score (nSPS) is 22.1. The van der Waals surface area contributed by atoms with Crippen molar-refractivity contribution in [2.45, 2.75) is 44.6 Å². The number of amides is 1. The van der Waals surface area contributed by atoms with Gasteiger partial charge in [-0.25, -0.2) is 0 Å². The van der Waals surface area contributed by atoms with E-state index in [2.05, 4.69) is 0 Å². The van der Waals surface area contributed by atoms with Gasteiger partial charge in [0, 0.05) is 0 Å². The Kier molecular flexibility index (Phi) is 3.53. The van der Waals surface area contributed by atoms with Crippen LogP contribution in [0.4, 0.5) is 0 Å². The van der Waals surface area contributed by atoms with Gasteiger partial charge in [-0.1, -0.05) is 19.3 Å². The second-order valence-electron chi connectivity index (χ2n) is 3.64. The van der Waals surface area contributed by atoms with Crippen molar-refractivity contribution in [3.63, 3.8) is 0 Å². The summed E-state index contributed by atoms with van der Waals surface area (Å²) in [6.07, 6.45) is 5.36. The summed E-state index contributed by atoms with van der Waals surface area (Å²) in [6.45, 7) is 0. The molecule has 0 spiro atoms. The molecule has 1 saturated carbocycles. The van der Waals surface area contributed by atoms with Gasteiger partial charge in [0.15, 0.2) is 0 Å². The van der Waals surface area contributed by atoms with Crippen LogP contribution in [0.15, 0.2) is 0 Å². The highest BCUT2D eigenvalue weighted by molar-refractivity contribution is 5.74. The molecular formula is C9H17NO2. The summed E-state index contributed by atoms with van der Waals surface area (Å²) in [4.78, 5) is 10.5. The number of carbonyl (C=O) groups excluding carboxylic acids is 1. The Hall–Kier alpha value is -0.570. The van der Waals surface area contributed by atoms with Gasteiger partial charge in [-0.2, -0.15) is 0 Å². The summed E-state index contributed by atoms with van der Waals surface area (Å²) >= 11 is 0. The van der Waals surface area contributed by atoms with Crippen LogP contribution >= 0.6 is 0 Å². The Morgan fingerprint density at radius 2 is 2.00 bits per heavy atom. The van der Waals surface area contributed by atoms with E-state index in [1.807, 2.05) is 0 Å². The molecule has 1 unspecified atom stereocenters. The van der Waals surface area contributed by atoms with Crippen molar-refractivity contribution in [3.8, 4) is 0 Å². The van der Waals surface area contributed by atoms with Gasteiger partial charge in [-0.3, -0.25) is 4.79 Å². The van der Waals surface area contributed by atoms with E-state index in [1.54, 1.807) is 0 Å². The maximum absolute atomic E-state index is 10.5. The van der Waals surface area contributed by atoms with Gasteiger partial charge < -0.3 is 10.8 Å². The number of rotatable bonds is 3. The molecule has 3 heteroatoms. The molecule has 12 heavy (non-hydrogen) atoms. The van der Waals surface area contributed by atoms with Gasteiger partial charge in [-0.15, -0.1) is 0 Å². The number of carbonyl (C=O) groups is 1. The zero-order valence-electron chi connectivity index (χ0n) is 7.33. The van der Waals surface area contributed by atoms with Crippen LogP contribution in [0, 0.1) is 5.92 Å². The average Bonchev–Trinajstić information content (AvgIpc) is 2.05. The first-order valence-electron chi connectivity index (χ1n) is 4.66. The molecule has 1 atom stereocenters. The molecule has 1 rings (SSSR count). The van der Waals surface area contributed by atoms with Crippen molar-refractivity contribution < 1.29 is 9.90 Å². The Morgan fingerprint density at radius 3 is 2.50 bits per heavy atom. The zero-order valence-corrected chi connectivity index (χ0v) is 7.33. The molecule has 3 nitrogen and oxygen atoms in total. The first-order valence-corrected chi connectivity index (χ1v) is 4.66. The van der Waals surface area contributed by atoms with E-state index < -0.39 is 12.0 Å². The van der Waals surface area contributed by atoms with Gasteiger partial charge in [0.2, 0.25) is 5.91 Å². The summed E-state index contributed by atoms with van der Waals surface area (Å²) in [5.41, 5.74) is 5.00. The molecule has 0 heterocycles. The van der Waals surface area contributed by atoms with Crippen LogP contribution in [0.5, 0.6) is 0 Å². The number of aliphatic hydroxyl groups is 1. The fourth-order valence-electron chi connectivity index (χ4n) is 1.89. The maximum Gasteiger partial charge on any atom is 0.220 e. The minimum Gasteiger partial charge on any atom is -0.392 e. The first kappa shape index (κ1) is 9.52. The molecule has 1 aliphatic rings. The van der Waals surface area contributed by atoms with Crippen molar-refractivity contribution >= 4 is 5.91 Å². The third-order valence-electron chi connectivity index (χ3n) is 2.60. The predicted octanol–water partition coefficient (Wildman–Crippen LogP) is 0.803. The second kappa shape index (κ2) is 4.45. The van der Waals surface area contributed by atoms with Gasteiger partial charge in [0.25, 0.3) is 0 Å². The predicted molar refractivity (Wildman–Crippen MR) is 46.4 cm³/mol. The summed E-state index contributed by atoms with van der Waals surface area (Å²) in [7, 11) is 0. The number of primary amides is 1. The van der Waals surface area contributed by atoms with Crippen LogP contribution in [0.3, 0.4) is 0 Å². The molecule has 0 aliphatic heterocycles. The van der Waals surface area contributed by atoms with Crippen LogP contribution in [0.1, 0.15) is 38.5 Å². The van der Waals surface area contributed by atoms with Crippen molar-refractivity contribution in [2.24, 2.45) is 11.7 Å². The molecule has 0 aromatic carbocycles. The standard InChI is InChI=1S/C9H17NO2/c10-9(12)6-8(11)7-4-2-1-3-5-7/h7-8,11H,1-6H2,(H2,10,12). The monoisotopic (exact) mass is 171 g/mol. The van der Waals surface area contributed by atoms with Gasteiger partial charge >= 0.3 is 0 Å². The molecule has 70 valence electrons. The minimum atomic E-state index is -0.497. The van der Waals surface area contributed by atoms with E-state index in [4.69, 9.17) is 5.73 Å². The third kappa shape index (κ3) is 2.81. The summed E-state index contributed by atoms with van der Waals surface area (Å²) < 4.78 is 0. The molecule has 0 saturated heterocycles. The summed E-state index contributed by atoms with van der Waals surface area (Å²) in [6, 6.07) is 0. The Labute approximate surface area is 72.9 Å². The fraction of sp³-hybridized carbons (Fsp3) is 0.889. The minimum absolute atomic E-state index is 0.130. The van der Waals surface area contributed by atoms with Crippen molar-refractivity contribution in [1.29, 1.82) is 0 Å². The van der Waals surface area contributed by atoms with Crippen LogP contribution in [-0.4, -0.2) is 17.1 Å². The Morgan fingerprint density at radius 1 is 1.42 bits per heavy atom. The van der Waals surface area contributed by atoms with E-state index in [0.29, 0.717) is 5.92 Å². The number of hydrogen-bond acceptors (Lipinski definition) is 2. The SMILES string of the molecule is NC(=O)CC(O)C1CCCCC1. The smallest absolute Gasteiger partial charge is 0.220 e. The lowest BCUT2D eigenvalue weighted by Crippen LogP contribution is -2.28. The van der Waals surface area contributed by atoms with E-state index in [-0.39, 0.29) is 6.42 Å². The highest BCUT2D eigenvalue weighted by Gasteiger charge is 2.22. The molecule has 0 aromatic heterocycles. The van der Waals surface area contributed by atoms with Gasteiger partial charge in [0.1, 0.15) is 0 Å². The summed E-state index contributed by atoms with van der Waals surface area (Å²) in [5.74, 6) is -0.0840. The molecule has 0 radical (unpaired) electrons. The van der Waals surface area contributed by atoms with Crippen molar-refractivity contribution in [3.05, 3.63) is 0 Å². The van der Waals surface area contributed by atoms with Crippen LogP contribution in [0.2, 0.25) is 0 Å². The first-order chi connectivity index (χ1) is 5.70. The van der Waals surface area contributed by atoms with Crippen LogP contribution in [0.25, 0.3) is 0 Å². The Balaban J connectivity index is 2.29. The van der Waals surface area contributed by atoms with Crippen molar-refractivity contribution in [1.82, 2.24) is 0 Å². The topological polar surface area (TPSA) is 63.3 Å². The lowest BCUT2D eigenvalue weighted by molar-refractivity contribution is -0.120. The number of nitrogens with two attached hydrogens (primary N) is 1. The van der Waals surface area contributed by atoms with Gasteiger partial charge in [0.05, 0.1) is 12.5 Å². The number of hydrogen-bond donors (Lipinski definition) is 2. The number of aliphatic hydroxyl groups excluding tert-OH is 1. The maximum atomic E-state index is 10.5. The Bertz CT molecular complexity index is 153. The molecule has 3 N–H and O–H groups in total. The average molecular weight is 171 g/mol. The molecule has 1 amide bonds. The fourth-order valence-corrected chi connectivity index (χ4v) is 1.89. The highest BCUT2D eigenvalue weighted by Crippen LogP contribution is 2.27. The van der Waals surface area contributed by atoms with E-state index in [1.165, 1.54) is 19.3 Å². The quantitative estimate of drug-likeness (QED) is 0.659. The lowest BCUT2D eigenvalue weighted by atomic mass is 9.84. The third-order valence-corrected chi connectivity index (χ3v) is 2.60. The van der Waals surface area contributed by atoms with Crippen molar-refractivity contribution in [2.75, 3.05) is 0 Å². The second-order valence-corrected chi connectivity index (χ2v) is 3.64. The lowest BCUT2D eigenvalue weighted by Gasteiger charge is -2.25. The van der Waals surface area contributed by atoms with E-state index >= 15 is 0 Å². The highest BCUT2D eigenvalue weighted by atomic mass is 16.3. The van der Waals surface area contributed by atoms with Gasteiger partial charge in [-0.05, 0) is 18.8 Å². The molecule has 1 fully saturated rings. The zero-order chi connectivity index (χ0) is 8.97. The summed E-state index contributed by atoms with van der Waals surface area (Å²) in [5, 5.41) is 9.54. The largest absolute Gasteiger partial charge is 0.392 e. The van der Waals surface area contributed by atoms with Crippen LogP contribution < -0.4 is 5.73 Å². The van der Waals surface area contributed by atoms with E-state index in [9.17, 15) is 9.90 Å².